The first-order chi connectivity index (χ1) is 8.77. The largest absolute Gasteiger partial charge is 0.488 e. The highest BCUT2D eigenvalue weighted by molar-refractivity contribution is 5.63. The van der Waals surface area contributed by atoms with E-state index < -0.39 is 0 Å². The maximum Gasteiger partial charge on any atom is 0.142 e. The maximum absolute atomic E-state index is 6.00. The van der Waals surface area contributed by atoms with Gasteiger partial charge < -0.3 is 14.8 Å². The Morgan fingerprint density at radius 1 is 1.39 bits per heavy atom. The van der Waals surface area contributed by atoms with E-state index in [0.29, 0.717) is 6.61 Å². The summed E-state index contributed by atoms with van der Waals surface area (Å²) in [7, 11) is 0. The maximum atomic E-state index is 6.00. The Morgan fingerprint density at radius 3 is 3.17 bits per heavy atom. The van der Waals surface area contributed by atoms with Crippen LogP contribution in [-0.2, 0) is 11.2 Å². The molecule has 1 saturated heterocycles. The molecule has 1 fully saturated rings. The average Bonchev–Trinajstić information content (AvgIpc) is 2.84. The highest BCUT2D eigenvalue weighted by Gasteiger charge is 2.31. The molecule has 0 aromatic heterocycles. The van der Waals surface area contributed by atoms with Crippen molar-refractivity contribution in [2.45, 2.75) is 38.2 Å². The second-order valence-electron chi connectivity index (χ2n) is 5.51. The van der Waals surface area contributed by atoms with Crippen LogP contribution in [0.3, 0.4) is 0 Å². The van der Waals surface area contributed by atoms with Crippen LogP contribution in [0.4, 0.5) is 5.69 Å². The summed E-state index contributed by atoms with van der Waals surface area (Å²) in [5.74, 6) is 0.976. The Labute approximate surface area is 108 Å². The summed E-state index contributed by atoms with van der Waals surface area (Å²) < 4.78 is 11.8. The molecule has 2 heterocycles. The number of benzene rings is 1. The van der Waals surface area contributed by atoms with Gasteiger partial charge in [0.25, 0.3) is 0 Å². The van der Waals surface area contributed by atoms with Gasteiger partial charge in [-0.3, -0.25) is 0 Å². The minimum atomic E-state index is -0.0998. The van der Waals surface area contributed by atoms with E-state index in [1.807, 2.05) is 0 Å². The van der Waals surface area contributed by atoms with Gasteiger partial charge in [-0.05, 0) is 44.2 Å². The van der Waals surface area contributed by atoms with Crippen molar-refractivity contribution in [1.82, 2.24) is 0 Å². The Kier molecular flexibility index (Phi) is 3.16. The number of para-hydroxylation sites is 1. The van der Waals surface area contributed by atoms with Gasteiger partial charge in [0, 0.05) is 13.2 Å². The van der Waals surface area contributed by atoms with Gasteiger partial charge in [0.1, 0.15) is 12.4 Å². The van der Waals surface area contributed by atoms with Crippen molar-refractivity contribution in [2.75, 3.05) is 25.1 Å². The molecule has 1 aromatic carbocycles. The molecule has 2 aliphatic heterocycles. The van der Waals surface area contributed by atoms with Crippen LogP contribution < -0.4 is 10.1 Å². The summed E-state index contributed by atoms with van der Waals surface area (Å²) in [6.45, 7) is 4.69. The lowest BCUT2D eigenvalue weighted by atomic mass is 10.0. The first kappa shape index (κ1) is 11.8. The van der Waals surface area contributed by atoms with Crippen LogP contribution in [0.1, 0.15) is 31.7 Å². The highest BCUT2D eigenvalue weighted by atomic mass is 16.5. The molecule has 1 N–H and O–H groups in total. The van der Waals surface area contributed by atoms with E-state index in [1.54, 1.807) is 0 Å². The molecule has 1 unspecified atom stereocenters. The second-order valence-corrected chi connectivity index (χ2v) is 5.51. The van der Waals surface area contributed by atoms with Crippen LogP contribution in [0, 0.1) is 0 Å². The first-order valence-corrected chi connectivity index (χ1v) is 6.89. The second kappa shape index (κ2) is 4.81. The van der Waals surface area contributed by atoms with Gasteiger partial charge in [0.2, 0.25) is 0 Å². The van der Waals surface area contributed by atoms with Crippen molar-refractivity contribution in [1.29, 1.82) is 0 Å². The summed E-state index contributed by atoms with van der Waals surface area (Å²) in [6, 6.07) is 6.32. The van der Waals surface area contributed by atoms with Gasteiger partial charge >= 0.3 is 0 Å². The third-order valence-corrected chi connectivity index (χ3v) is 3.87. The number of ether oxygens (including phenoxy) is 2. The molecule has 2 aliphatic rings. The van der Waals surface area contributed by atoms with Crippen LogP contribution >= 0.6 is 0 Å². The fourth-order valence-corrected chi connectivity index (χ4v) is 2.78. The molecule has 3 nitrogen and oxygen atoms in total. The SMILES string of the molecule is CC1(COc2cccc3c2NCCC3)CCCO1. The summed E-state index contributed by atoms with van der Waals surface area (Å²) in [6.07, 6.45) is 4.59. The van der Waals surface area contributed by atoms with E-state index in [1.165, 1.54) is 17.7 Å². The summed E-state index contributed by atoms with van der Waals surface area (Å²) in [5, 5.41) is 3.45. The standard InChI is InChI=1S/C15H21NO2/c1-15(8-4-10-18-15)11-17-13-7-2-5-12-6-3-9-16-14(12)13/h2,5,7,16H,3-4,6,8-11H2,1H3. The number of aryl methyl sites for hydroxylation is 1. The molecule has 1 aromatic rings. The minimum absolute atomic E-state index is 0.0998. The zero-order chi connectivity index (χ0) is 12.4. The van der Waals surface area contributed by atoms with Gasteiger partial charge in [-0.15, -0.1) is 0 Å². The lowest BCUT2D eigenvalue weighted by Gasteiger charge is -2.26. The predicted octanol–water partition coefficient (Wildman–Crippen LogP) is 2.99. The molecule has 3 heteroatoms. The van der Waals surface area contributed by atoms with Crippen molar-refractivity contribution in [3.05, 3.63) is 23.8 Å². The molecular weight excluding hydrogens is 226 g/mol. The van der Waals surface area contributed by atoms with Crippen molar-refractivity contribution in [3.8, 4) is 5.75 Å². The average molecular weight is 247 g/mol. The molecule has 0 aliphatic carbocycles. The molecular formula is C15H21NO2. The van der Waals surface area contributed by atoms with Gasteiger partial charge in [0.15, 0.2) is 0 Å². The Hall–Kier alpha value is -1.22. The number of fused-ring (bicyclic) bond motifs is 1. The van der Waals surface area contributed by atoms with Crippen LogP contribution in [0.2, 0.25) is 0 Å². The fraction of sp³-hybridized carbons (Fsp3) is 0.600. The van der Waals surface area contributed by atoms with Crippen LogP contribution in [-0.4, -0.2) is 25.4 Å². The van der Waals surface area contributed by atoms with Crippen molar-refractivity contribution < 1.29 is 9.47 Å². The lowest BCUT2D eigenvalue weighted by molar-refractivity contribution is -0.0157. The summed E-state index contributed by atoms with van der Waals surface area (Å²) in [4.78, 5) is 0. The molecule has 3 rings (SSSR count). The molecule has 0 saturated carbocycles. The Morgan fingerprint density at radius 2 is 2.33 bits per heavy atom. The van der Waals surface area contributed by atoms with E-state index in [0.717, 1.165) is 38.2 Å². The van der Waals surface area contributed by atoms with Crippen molar-refractivity contribution in [2.24, 2.45) is 0 Å². The van der Waals surface area contributed by atoms with E-state index >= 15 is 0 Å². The van der Waals surface area contributed by atoms with E-state index in [-0.39, 0.29) is 5.60 Å². The monoisotopic (exact) mass is 247 g/mol. The Bertz CT molecular complexity index is 425. The molecule has 1 atom stereocenters. The molecule has 0 spiro atoms. The topological polar surface area (TPSA) is 30.5 Å². The smallest absolute Gasteiger partial charge is 0.142 e. The zero-order valence-corrected chi connectivity index (χ0v) is 11.0. The molecule has 0 bridgehead atoms. The molecule has 0 radical (unpaired) electrons. The van der Waals surface area contributed by atoms with Gasteiger partial charge in [0.05, 0.1) is 11.3 Å². The van der Waals surface area contributed by atoms with Gasteiger partial charge in [-0.25, -0.2) is 0 Å². The number of anilines is 1. The quantitative estimate of drug-likeness (QED) is 0.890. The third kappa shape index (κ3) is 2.32. The number of rotatable bonds is 3. The minimum Gasteiger partial charge on any atom is -0.488 e. The van der Waals surface area contributed by atoms with Crippen LogP contribution in [0.15, 0.2) is 18.2 Å². The first-order valence-electron chi connectivity index (χ1n) is 6.89. The van der Waals surface area contributed by atoms with Crippen LogP contribution in [0.25, 0.3) is 0 Å². The molecule has 0 amide bonds. The van der Waals surface area contributed by atoms with E-state index in [2.05, 4.69) is 30.4 Å². The number of hydrogen-bond donors (Lipinski definition) is 1. The van der Waals surface area contributed by atoms with Gasteiger partial charge in [-0.2, -0.15) is 0 Å². The number of hydrogen-bond acceptors (Lipinski definition) is 3. The molecule has 18 heavy (non-hydrogen) atoms. The highest BCUT2D eigenvalue weighted by Crippen LogP contribution is 2.33. The third-order valence-electron chi connectivity index (χ3n) is 3.87. The molecule has 98 valence electrons. The normalized spacial score (nSPS) is 26.5. The predicted molar refractivity (Wildman–Crippen MR) is 72.3 cm³/mol. The Balaban J connectivity index is 1.72. The van der Waals surface area contributed by atoms with E-state index in [9.17, 15) is 0 Å². The van der Waals surface area contributed by atoms with Crippen molar-refractivity contribution in [3.63, 3.8) is 0 Å². The fourth-order valence-electron chi connectivity index (χ4n) is 2.78. The summed E-state index contributed by atoms with van der Waals surface area (Å²) >= 11 is 0. The van der Waals surface area contributed by atoms with Gasteiger partial charge in [-0.1, -0.05) is 12.1 Å². The number of nitrogens with one attached hydrogen (secondary N) is 1. The van der Waals surface area contributed by atoms with Crippen molar-refractivity contribution >= 4 is 5.69 Å². The zero-order valence-electron chi connectivity index (χ0n) is 11.0. The lowest BCUT2D eigenvalue weighted by Crippen LogP contribution is -2.31. The van der Waals surface area contributed by atoms with E-state index in [4.69, 9.17) is 9.47 Å². The van der Waals surface area contributed by atoms with Crippen LogP contribution in [0.5, 0.6) is 5.75 Å². The summed E-state index contributed by atoms with van der Waals surface area (Å²) in [5.41, 5.74) is 2.46.